The number of aliphatic carboxylic acids is 2. The lowest BCUT2D eigenvalue weighted by atomic mass is 10.1. The second kappa shape index (κ2) is 8.06. The summed E-state index contributed by atoms with van der Waals surface area (Å²) in [6.07, 6.45) is 2.57. The van der Waals surface area contributed by atoms with Crippen molar-refractivity contribution in [2.45, 2.75) is 58.5 Å². The Kier molecular flexibility index (Phi) is 7.54. The van der Waals surface area contributed by atoms with Gasteiger partial charge in [-0.2, -0.15) is 0 Å². The Morgan fingerprint density at radius 2 is 1.41 bits per heavy atom. The van der Waals surface area contributed by atoms with Crippen LogP contribution < -0.4 is 0 Å². The predicted octanol–water partition coefficient (Wildman–Crippen LogP) is 1.81. The first-order valence-corrected chi connectivity index (χ1v) is 6.20. The molecule has 0 aromatic rings. The van der Waals surface area contributed by atoms with E-state index in [0.29, 0.717) is 19.4 Å². The van der Waals surface area contributed by atoms with E-state index in [9.17, 15) is 9.59 Å². The molecule has 2 atom stereocenters. The van der Waals surface area contributed by atoms with E-state index in [0.717, 1.165) is 12.8 Å². The van der Waals surface area contributed by atoms with Crippen LogP contribution in [0, 0.1) is 0 Å². The molecule has 0 bridgehead atoms. The molecule has 0 heterocycles. The lowest BCUT2D eigenvalue weighted by Gasteiger charge is -2.32. The molecule has 5 nitrogen and oxygen atoms in total. The topological polar surface area (TPSA) is 77.8 Å². The quantitative estimate of drug-likeness (QED) is 0.648. The van der Waals surface area contributed by atoms with Crippen LogP contribution in [0.2, 0.25) is 0 Å². The van der Waals surface area contributed by atoms with Gasteiger partial charge in [0.1, 0.15) is 12.1 Å². The van der Waals surface area contributed by atoms with Crippen molar-refractivity contribution < 1.29 is 19.8 Å². The third-order valence-electron chi connectivity index (χ3n) is 2.91. The van der Waals surface area contributed by atoms with Crippen LogP contribution in [0.5, 0.6) is 0 Å². The minimum atomic E-state index is -0.941. The molecule has 0 rings (SSSR count). The molecular weight excluding hydrogens is 222 g/mol. The first-order valence-electron chi connectivity index (χ1n) is 6.20. The zero-order valence-corrected chi connectivity index (χ0v) is 10.8. The summed E-state index contributed by atoms with van der Waals surface area (Å²) in [5.74, 6) is -1.88. The largest absolute Gasteiger partial charge is 0.480 e. The molecule has 0 aromatic carbocycles. The van der Waals surface area contributed by atoms with Gasteiger partial charge in [-0.25, -0.2) is 0 Å². The molecule has 17 heavy (non-hydrogen) atoms. The zero-order valence-electron chi connectivity index (χ0n) is 10.8. The molecule has 0 spiro atoms. The third kappa shape index (κ3) is 4.73. The van der Waals surface area contributed by atoms with E-state index in [-0.39, 0.29) is 0 Å². The van der Waals surface area contributed by atoms with E-state index in [1.165, 1.54) is 0 Å². The molecule has 0 amide bonds. The number of carboxylic acids is 2. The fourth-order valence-corrected chi connectivity index (χ4v) is 1.97. The number of carboxylic acid groups (broad SMARTS) is 2. The van der Waals surface area contributed by atoms with Gasteiger partial charge in [0.25, 0.3) is 0 Å². The summed E-state index contributed by atoms with van der Waals surface area (Å²) in [5, 5.41) is 18.3. The summed E-state index contributed by atoms with van der Waals surface area (Å²) in [4.78, 5) is 23.9. The highest BCUT2D eigenvalue weighted by molar-refractivity contribution is 5.77. The minimum Gasteiger partial charge on any atom is -0.480 e. The lowest BCUT2D eigenvalue weighted by molar-refractivity contribution is -0.151. The Morgan fingerprint density at radius 1 is 1.00 bits per heavy atom. The van der Waals surface area contributed by atoms with E-state index < -0.39 is 24.0 Å². The van der Waals surface area contributed by atoms with Crippen molar-refractivity contribution >= 4 is 11.9 Å². The Hall–Kier alpha value is -1.10. The van der Waals surface area contributed by atoms with Crippen LogP contribution in [0.4, 0.5) is 0 Å². The predicted molar refractivity (Wildman–Crippen MR) is 65.0 cm³/mol. The van der Waals surface area contributed by atoms with Gasteiger partial charge in [-0.3, -0.25) is 14.5 Å². The fourth-order valence-electron chi connectivity index (χ4n) is 1.97. The molecule has 0 saturated carbocycles. The summed E-state index contributed by atoms with van der Waals surface area (Å²) in [6.45, 7) is 6.06. The van der Waals surface area contributed by atoms with Gasteiger partial charge in [-0.05, 0) is 25.8 Å². The normalized spacial score (nSPS) is 14.6. The monoisotopic (exact) mass is 245 g/mol. The summed E-state index contributed by atoms with van der Waals surface area (Å²) >= 11 is 0. The van der Waals surface area contributed by atoms with Crippen molar-refractivity contribution in [3.8, 4) is 0 Å². The van der Waals surface area contributed by atoms with Crippen LogP contribution in [-0.4, -0.2) is 45.7 Å². The Balaban J connectivity index is 4.93. The number of nitrogens with zero attached hydrogens (tertiary/aromatic N) is 1. The van der Waals surface area contributed by atoms with Gasteiger partial charge in [0.05, 0.1) is 0 Å². The van der Waals surface area contributed by atoms with Gasteiger partial charge in [0.2, 0.25) is 0 Å². The molecule has 100 valence electrons. The van der Waals surface area contributed by atoms with Crippen molar-refractivity contribution in [1.29, 1.82) is 0 Å². The highest BCUT2D eigenvalue weighted by Gasteiger charge is 2.32. The Morgan fingerprint density at radius 3 is 1.65 bits per heavy atom. The smallest absolute Gasteiger partial charge is 0.320 e. The summed E-state index contributed by atoms with van der Waals surface area (Å²) in [6, 6.07) is -1.41. The second-order valence-electron chi connectivity index (χ2n) is 4.12. The SMILES string of the molecule is CCCCN(C(CC)C(=O)O)C(CC)C(=O)O. The molecule has 0 aromatic heterocycles. The zero-order chi connectivity index (χ0) is 13.4. The molecule has 0 aliphatic heterocycles. The van der Waals surface area contributed by atoms with Crippen LogP contribution in [0.1, 0.15) is 46.5 Å². The van der Waals surface area contributed by atoms with E-state index in [2.05, 4.69) is 0 Å². The lowest BCUT2D eigenvalue weighted by Crippen LogP contribution is -2.50. The molecular formula is C12H23NO4. The molecule has 0 aliphatic rings. The third-order valence-corrected chi connectivity index (χ3v) is 2.91. The van der Waals surface area contributed by atoms with Crippen molar-refractivity contribution in [3.63, 3.8) is 0 Å². The van der Waals surface area contributed by atoms with Gasteiger partial charge in [0, 0.05) is 0 Å². The molecule has 2 N–H and O–H groups in total. The van der Waals surface area contributed by atoms with Crippen LogP contribution in [0.15, 0.2) is 0 Å². The number of hydrogen-bond acceptors (Lipinski definition) is 3. The Bertz CT molecular complexity index is 233. The fraction of sp³-hybridized carbons (Fsp3) is 0.833. The summed E-state index contributed by atoms with van der Waals surface area (Å²) in [5.41, 5.74) is 0. The van der Waals surface area contributed by atoms with E-state index >= 15 is 0 Å². The van der Waals surface area contributed by atoms with Crippen molar-refractivity contribution in [2.24, 2.45) is 0 Å². The first-order chi connectivity index (χ1) is 7.99. The van der Waals surface area contributed by atoms with E-state index in [1.54, 1.807) is 18.7 Å². The first kappa shape index (κ1) is 15.9. The van der Waals surface area contributed by atoms with Crippen LogP contribution in [0.3, 0.4) is 0 Å². The highest BCUT2D eigenvalue weighted by Crippen LogP contribution is 2.14. The average molecular weight is 245 g/mol. The molecule has 5 heteroatoms. The van der Waals surface area contributed by atoms with Gasteiger partial charge in [-0.1, -0.05) is 27.2 Å². The van der Waals surface area contributed by atoms with E-state index in [1.807, 2.05) is 6.92 Å². The minimum absolute atomic E-state index is 0.419. The number of hydrogen-bond donors (Lipinski definition) is 2. The molecule has 0 aliphatic carbocycles. The number of unbranched alkanes of at least 4 members (excludes halogenated alkanes) is 1. The maximum absolute atomic E-state index is 11.1. The van der Waals surface area contributed by atoms with Crippen LogP contribution in [-0.2, 0) is 9.59 Å². The van der Waals surface area contributed by atoms with Crippen molar-refractivity contribution in [1.82, 2.24) is 4.90 Å². The summed E-state index contributed by atoms with van der Waals surface area (Å²) in [7, 11) is 0. The molecule has 0 saturated heterocycles. The van der Waals surface area contributed by atoms with Gasteiger partial charge >= 0.3 is 11.9 Å². The molecule has 0 fully saturated rings. The van der Waals surface area contributed by atoms with Crippen LogP contribution >= 0.6 is 0 Å². The standard InChI is InChI=1S/C12H23NO4/c1-4-7-8-13(9(5-2)11(14)15)10(6-3)12(16)17/h9-10H,4-8H2,1-3H3,(H,14,15)(H,16,17). The van der Waals surface area contributed by atoms with Gasteiger partial charge in [0.15, 0.2) is 0 Å². The van der Waals surface area contributed by atoms with Crippen molar-refractivity contribution in [2.75, 3.05) is 6.54 Å². The summed E-state index contributed by atoms with van der Waals surface area (Å²) < 4.78 is 0. The number of carbonyl (C=O) groups is 2. The highest BCUT2D eigenvalue weighted by atomic mass is 16.4. The number of rotatable bonds is 9. The maximum atomic E-state index is 11.1. The van der Waals surface area contributed by atoms with Crippen LogP contribution in [0.25, 0.3) is 0 Å². The van der Waals surface area contributed by atoms with E-state index in [4.69, 9.17) is 10.2 Å². The second-order valence-corrected chi connectivity index (χ2v) is 4.12. The Labute approximate surface area is 102 Å². The van der Waals surface area contributed by atoms with Gasteiger partial charge < -0.3 is 10.2 Å². The maximum Gasteiger partial charge on any atom is 0.320 e. The average Bonchev–Trinajstić information content (AvgIpc) is 2.25. The molecule has 2 unspecified atom stereocenters. The molecule has 0 radical (unpaired) electrons. The van der Waals surface area contributed by atoms with Gasteiger partial charge in [-0.15, -0.1) is 0 Å². The van der Waals surface area contributed by atoms with Crippen molar-refractivity contribution in [3.05, 3.63) is 0 Å².